The van der Waals surface area contributed by atoms with Crippen LogP contribution in [0, 0.1) is 11.3 Å². The minimum atomic E-state index is 0. The maximum absolute atomic E-state index is 6.10. The molecule has 3 atom stereocenters. The van der Waals surface area contributed by atoms with E-state index in [1.165, 1.54) is 38.6 Å². The van der Waals surface area contributed by atoms with Gasteiger partial charge < -0.3 is 15.4 Å². The summed E-state index contributed by atoms with van der Waals surface area (Å²) >= 11 is 0. The van der Waals surface area contributed by atoms with Crippen LogP contribution in [-0.4, -0.2) is 62.8 Å². The third kappa shape index (κ3) is 7.15. The molecule has 2 saturated heterocycles. The van der Waals surface area contributed by atoms with Crippen LogP contribution in [0.1, 0.15) is 59.8 Å². The summed E-state index contributed by atoms with van der Waals surface area (Å²) in [5.74, 6) is 1.48. The second-order valence-electron chi connectivity index (χ2n) is 8.67. The number of rotatable bonds is 5. The molecule has 2 aliphatic rings. The van der Waals surface area contributed by atoms with Gasteiger partial charge in [0.2, 0.25) is 0 Å². The van der Waals surface area contributed by atoms with Crippen LogP contribution in [0.2, 0.25) is 0 Å². The zero-order valence-electron chi connectivity index (χ0n) is 17.5. The van der Waals surface area contributed by atoms with Crippen LogP contribution in [0.15, 0.2) is 4.99 Å². The lowest BCUT2D eigenvalue weighted by Crippen LogP contribution is -2.51. The molecule has 2 N–H and O–H groups in total. The molecule has 0 spiro atoms. The molecule has 2 aliphatic heterocycles. The van der Waals surface area contributed by atoms with Crippen molar-refractivity contribution in [1.82, 2.24) is 15.5 Å². The number of piperidine rings is 1. The lowest BCUT2D eigenvalue weighted by Gasteiger charge is -2.40. The second kappa shape index (κ2) is 11.7. The Hall–Kier alpha value is -0.0800. The number of likely N-dealkylation sites (tertiary alicyclic amines) is 1. The smallest absolute Gasteiger partial charge is 0.191 e. The molecule has 0 radical (unpaired) electrons. The number of nitrogens with one attached hydrogen (secondary N) is 2. The van der Waals surface area contributed by atoms with Crippen LogP contribution >= 0.6 is 24.0 Å². The first kappa shape index (κ1) is 24.0. The zero-order valence-corrected chi connectivity index (χ0v) is 19.8. The van der Waals surface area contributed by atoms with Gasteiger partial charge in [0.1, 0.15) is 0 Å². The van der Waals surface area contributed by atoms with Crippen molar-refractivity contribution in [3.63, 3.8) is 0 Å². The first-order valence-electron chi connectivity index (χ1n) is 10.3. The second-order valence-corrected chi connectivity index (χ2v) is 8.67. The van der Waals surface area contributed by atoms with Gasteiger partial charge in [-0.15, -0.1) is 24.0 Å². The summed E-state index contributed by atoms with van der Waals surface area (Å²) in [6.45, 7) is 14.3. The first-order chi connectivity index (χ1) is 12.0. The number of hydrogen-bond acceptors (Lipinski definition) is 3. The van der Waals surface area contributed by atoms with E-state index in [0.717, 1.165) is 32.2 Å². The van der Waals surface area contributed by atoms with Gasteiger partial charge in [0.25, 0.3) is 0 Å². The van der Waals surface area contributed by atoms with Crippen LogP contribution in [-0.2, 0) is 4.74 Å². The van der Waals surface area contributed by atoms with Crippen LogP contribution in [0.4, 0.5) is 0 Å². The molecule has 2 heterocycles. The summed E-state index contributed by atoms with van der Waals surface area (Å²) < 4.78 is 6.10. The van der Waals surface area contributed by atoms with Gasteiger partial charge in [0, 0.05) is 38.7 Å². The van der Waals surface area contributed by atoms with E-state index in [4.69, 9.17) is 4.74 Å². The van der Waals surface area contributed by atoms with E-state index in [0.29, 0.717) is 18.1 Å². The normalized spacial score (nSPS) is 28.3. The summed E-state index contributed by atoms with van der Waals surface area (Å²) in [6, 6.07) is 0.637. The van der Waals surface area contributed by atoms with Gasteiger partial charge in [-0.25, -0.2) is 0 Å². The topological polar surface area (TPSA) is 48.9 Å². The average Bonchev–Trinajstić information content (AvgIpc) is 2.61. The van der Waals surface area contributed by atoms with E-state index >= 15 is 0 Å². The highest BCUT2D eigenvalue weighted by atomic mass is 127. The van der Waals surface area contributed by atoms with Crippen molar-refractivity contribution in [3.8, 4) is 0 Å². The standard InChI is InChI=1S/C20H40N4O.HI/c1-6-24-12-8-7-11-17(24)15-23-19(21-5)22-14-16-10-9-13-25-18(16)20(2,3)4;/h16-18H,6-15H2,1-5H3,(H2,21,22,23);1H. The Labute approximate surface area is 178 Å². The van der Waals surface area contributed by atoms with Gasteiger partial charge in [-0.2, -0.15) is 0 Å². The molecule has 6 heteroatoms. The van der Waals surface area contributed by atoms with E-state index in [-0.39, 0.29) is 29.4 Å². The van der Waals surface area contributed by atoms with E-state index in [9.17, 15) is 0 Å². The molecular formula is C20H41IN4O. The van der Waals surface area contributed by atoms with Gasteiger partial charge >= 0.3 is 0 Å². The fourth-order valence-corrected chi connectivity index (χ4v) is 4.38. The van der Waals surface area contributed by atoms with E-state index in [2.05, 4.69) is 48.2 Å². The van der Waals surface area contributed by atoms with Crippen molar-refractivity contribution < 1.29 is 4.74 Å². The maximum Gasteiger partial charge on any atom is 0.191 e. The Morgan fingerprint density at radius 2 is 1.85 bits per heavy atom. The predicted octanol–water partition coefficient (Wildman–Crippen LogP) is 3.49. The lowest BCUT2D eigenvalue weighted by atomic mass is 9.78. The number of hydrogen-bond donors (Lipinski definition) is 2. The number of nitrogens with zero attached hydrogens (tertiary/aromatic N) is 2. The Balaban J connectivity index is 0.00000338. The Kier molecular flexibility index (Phi) is 10.8. The largest absolute Gasteiger partial charge is 0.377 e. The van der Waals surface area contributed by atoms with Crippen LogP contribution in [0.25, 0.3) is 0 Å². The summed E-state index contributed by atoms with van der Waals surface area (Å²) in [6.07, 6.45) is 6.70. The van der Waals surface area contributed by atoms with Gasteiger partial charge in [0.15, 0.2) is 5.96 Å². The summed E-state index contributed by atoms with van der Waals surface area (Å²) in [7, 11) is 1.87. The average molecular weight is 480 g/mol. The van der Waals surface area contributed by atoms with Crippen molar-refractivity contribution >= 4 is 29.9 Å². The Bertz CT molecular complexity index is 425. The minimum Gasteiger partial charge on any atom is -0.377 e. The summed E-state index contributed by atoms with van der Waals surface area (Å²) in [4.78, 5) is 7.02. The molecule has 0 aromatic carbocycles. The van der Waals surface area contributed by atoms with E-state index < -0.39 is 0 Å². The molecule has 0 bridgehead atoms. The number of guanidine groups is 1. The molecule has 0 aromatic heterocycles. The Morgan fingerprint density at radius 3 is 2.50 bits per heavy atom. The molecule has 0 aliphatic carbocycles. The van der Waals surface area contributed by atoms with Gasteiger partial charge in [0.05, 0.1) is 6.10 Å². The van der Waals surface area contributed by atoms with Gasteiger partial charge in [-0.3, -0.25) is 9.89 Å². The third-order valence-corrected chi connectivity index (χ3v) is 5.71. The van der Waals surface area contributed by atoms with E-state index in [1.54, 1.807) is 0 Å². The first-order valence-corrected chi connectivity index (χ1v) is 10.3. The van der Waals surface area contributed by atoms with Crippen LogP contribution < -0.4 is 10.6 Å². The van der Waals surface area contributed by atoms with Crippen molar-refractivity contribution in [1.29, 1.82) is 0 Å². The highest BCUT2D eigenvalue weighted by molar-refractivity contribution is 14.0. The quantitative estimate of drug-likeness (QED) is 0.360. The monoisotopic (exact) mass is 480 g/mol. The minimum absolute atomic E-state index is 0. The molecule has 3 unspecified atom stereocenters. The van der Waals surface area contributed by atoms with Gasteiger partial charge in [-0.1, -0.05) is 34.1 Å². The summed E-state index contributed by atoms with van der Waals surface area (Å²) in [5.41, 5.74) is 0.188. The number of halogens is 1. The molecule has 2 fully saturated rings. The van der Waals surface area contributed by atoms with Crippen molar-refractivity contribution in [2.45, 2.75) is 71.9 Å². The molecule has 0 amide bonds. The molecule has 0 aromatic rings. The zero-order chi connectivity index (χ0) is 18.3. The SMILES string of the molecule is CCN1CCCCC1CNC(=NC)NCC1CCCOC1C(C)(C)C.I. The number of aliphatic imine (C=N–C) groups is 1. The third-order valence-electron chi connectivity index (χ3n) is 5.71. The van der Waals surface area contributed by atoms with E-state index in [1.807, 2.05) is 7.05 Å². The number of ether oxygens (including phenoxy) is 1. The predicted molar refractivity (Wildman–Crippen MR) is 122 cm³/mol. The summed E-state index contributed by atoms with van der Waals surface area (Å²) in [5, 5.41) is 7.11. The molecule has 0 saturated carbocycles. The lowest BCUT2D eigenvalue weighted by molar-refractivity contribution is -0.0835. The molecule has 2 rings (SSSR count). The fourth-order valence-electron chi connectivity index (χ4n) is 4.38. The number of likely N-dealkylation sites (N-methyl/N-ethyl adjacent to an activating group) is 1. The maximum atomic E-state index is 6.10. The highest BCUT2D eigenvalue weighted by Gasteiger charge is 2.35. The van der Waals surface area contributed by atoms with Crippen LogP contribution in [0.3, 0.4) is 0 Å². The van der Waals surface area contributed by atoms with Crippen molar-refractivity contribution in [2.24, 2.45) is 16.3 Å². The highest BCUT2D eigenvalue weighted by Crippen LogP contribution is 2.33. The van der Waals surface area contributed by atoms with Crippen molar-refractivity contribution in [3.05, 3.63) is 0 Å². The van der Waals surface area contributed by atoms with Crippen molar-refractivity contribution in [2.75, 3.05) is 39.8 Å². The van der Waals surface area contributed by atoms with Gasteiger partial charge in [-0.05, 0) is 44.2 Å². The van der Waals surface area contributed by atoms with Crippen LogP contribution in [0.5, 0.6) is 0 Å². The molecule has 26 heavy (non-hydrogen) atoms. The molecule has 5 nitrogen and oxygen atoms in total. The molecular weight excluding hydrogens is 439 g/mol. The fraction of sp³-hybridized carbons (Fsp3) is 0.950. The molecule has 154 valence electrons. The Morgan fingerprint density at radius 1 is 1.12 bits per heavy atom.